The normalized spacial score (nSPS) is 12.4. The van der Waals surface area contributed by atoms with Crippen LogP contribution in [0.3, 0.4) is 0 Å². The van der Waals surface area contributed by atoms with Crippen molar-refractivity contribution in [3.05, 3.63) is 0 Å². The molecule has 4 amide bonds. The Morgan fingerprint density at radius 3 is 1.44 bits per heavy atom. The maximum Gasteiger partial charge on any atom is 0.326 e. The average Bonchev–Trinajstić information content (AvgIpc) is 3.33. The van der Waals surface area contributed by atoms with E-state index >= 15 is 0 Å². The first kappa shape index (κ1) is 66.4. The van der Waals surface area contributed by atoms with Crippen molar-refractivity contribution in [2.45, 2.75) is 186 Å². The number of aliphatic hydroxyl groups excluding tert-OH is 1. The van der Waals surface area contributed by atoms with E-state index in [1.807, 2.05) is 6.92 Å². The molecule has 0 aromatic rings. The molecule has 3 atom stereocenters. The molecule has 0 radical (unpaired) electrons. The molecule has 21 heteroatoms. The van der Waals surface area contributed by atoms with E-state index in [0.717, 1.165) is 44.9 Å². The lowest BCUT2D eigenvalue weighted by Crippen LogP contribution is -2.43. The Morgan fingerprint density at radius 2 is 0.901 bits per heavy atom. The van der Waals surface area contributed by atoms with Crippen LogP contribution in [-0.4, -0.2) is 158 Å². The number of nitrogens with one attached hydrogen (secondary N) is 4. The average molecular weight is 1020 g/mol. The molecule has 71 heavy (non-hydrogen) atoms. The first-order chi connectivity index (χ1) is 34.2. The van der Waals surface area contributed by atoms with Crippen molar-refractivity contribution < 1.29 is 82.5 Å². The van der Waals surface area contributed by atoms with Gasteiger partial charge in [-0.2, -0.15) is 0 Å². The van der Waals surface area contributed by atoms with Crippen LogP contribution in [0.15, 0.2) is 0 Å². The fourth-order valence-electron chi connectivity index (χ4n) is 7.41. The van der Waals surface area contributed by atoms with Gasteiger partial charge in [0.25, 0.3) is 0 Å². The molecule has 0 aliphatic rings. The van der Waals surface area contributed by atoms with Crippen LogP contribution in [-0.2, 0) is 62.1 Å². The van der Waals surface area contributed by atoms with E-state index in [1.165, 1.54) is 38.5 Å². The third kappa shape index (κ3) is 42.8. The number of ketones is 2. The largest absolute Gasteiger partial charge is 0.481 e. The molecular formula is C50H88N4O17. The number of aliphatic carboxylic acids is 3. The summed E-state index contributed by atoms with van der Waals surface area (Å²) in [5, 5.41) is 46.9. The molecule has 0 aromatic heterocycles. The van der Waals surface area contributed by atoms with Gasteiger partial charge in [0, 0.05) is 57.7 Å². The number of aliphatic hydroxyl groups is 1. The number of carbonyl (C=O) groups is 9. The summed E-state index contributed by atoms with van der Waals surface area (Å²) < 4.78 is 21.3. The highest BCUT2D eigenvalue weighted by molar-refractivity contribution is 5.86. The van der Waals surface area contributed by atoms with E-state index in [0.29, 0.717) is 45.1 Å². The summed E-state index contributed by atoms with van der Waals surface area (Å²) in [5.74, 6) is -5.45. The number of Topliss-reactive ketones (excluding diaryl/α,β-unsaturated/α-hetero) is 2. The van der Waals surface area contributed by atoms with Gasteiger partial charge in [0.1, 0.15) is 37.7 Å². The molecule has 0 spiro atoms. The quantitative estimate of drug-likeness (QED) is 0.0391. The maximum absolute atomic E-state index is 12.4. The number of hydrogen-bond donors (Lipinski definition) is 8. The zero-order valence-electron chi connectivity index (χ0n) is 42.5. The van der Waals surface area contributed by atoms with E-state index in [2.05, 4.69) is 21.3 Å². The minimum atomic E-state index is -1.29. The number of carbonyl (C=O) groups excluding carboxylic acids is 6. The minimum Gasteiger partial charge on any atom is -0.481 e. The summed E-state index contributed by atoms with van der Waals surface area (Å²) in [6, 6.07) is -2.41. The van der Waals surface area contributed by atoms with Crippen LogP contribution in [0.5, 0.6) is 0 Å². The highest BCUT2D eigenvalue weighted by Gasteiger charge is 2.22. The summed E-state index contributed by atoms with van der Waals surface area (Å²) in [4.78, 5) is 106. The molecule has 0 heterocycles. The summed E-state index contributed by atoms with van der Waals surface area (Å²) >= 11 is 0. The van der Waals surface area contributed by atoms with Crippen molar-refractivity contribution in [3.8, 4) is 0 Å². The van der Waals surface area contributed by atoms with Gasteiger partial charge in [-0.3, -0.25) is 33.6 Å². The first-order valence-electron chi connectivity index (χ1n) is 26.0. The van der Waals surface area contributed by atoms with Crippen molar-refractivity contribution in [1.29, 1.82) is 0 Å². The number of amides is 4. The fourth-order valence-corrected chi connectivity index (χ4v) is 7.41. The Kier molecular flexibility index (Phi) is 43.5. The lowest BCUT2D eigenvalue weighted by Gasteiger charge is -2.15. The Balaban J connectivity index is 3.81. The van der Waals surface area contributed by atoms with E-state index in [-0.39, 0.29) is 133 Å². The first-order valence-corrected chi connectivity index (χ1v) is 26.0. The van der Waals surface area contributed by atoms with Gasteiger partial charge in [0.05, 0.1) is 33.0 Å². The molecule has 0 unspecified atom stereocenters. The van der Waals surface area contributed by atoms with Crippen LogP contribution in [0.25, 0.3) is 0 Å². The molecule has 0 saturated carbocycles. The van der Waals surface area contributed by atoms with Gasteiger partial charge >= 0.3 is 17.9 Å². The number of hydrogen-bond acceptors (Lipinski definition) is 14. The number of carboxylic acids is 3. The third-order valence-electron chi connectivity index (χ3n) is 11.6. The van der Waals surface area contributed by atoms with Crippen molar-refractivity contribution in [2.75, 3.05) is 72.6 Å². The van der Waals surface area contributed by atoms with E-state index in [1.54, 1.807) is 0 Å². The molecule has 8 N–H and O–H groups in total. The molecule has 0 aliphatic heterocycles. The predicted octanol–water partition coefficient (Wildman–Crippen LogP) is 4.42. The highest BCUT2D eigenvalue weighted by atomic mass is 16.5. The smallest absolute Gasteiger partial charge is 0.326 e. The zero-order valence-corrected chi connectivity index (χ0v) is 42.5. The SMILES string of the molecule is CC[C@@H](CCCCNC(=O)CC[C@H](NC(=O)COCCOCCNC(=O)COCCOCCCC(=O)CC[C@H](NC(=O)CCCCCCCCCCCCCCCCC(=O)O)C(=O)O)C(=O)O)C(=O)CO. The third-order valence-corrected chi connectivity index (χ3v) is 11.6. The van der Waals surface area contributed by atoms with Gasteiger partial charge in [0.15, 0.2) is 5.78 Å². The summed E-state index contributed by atoms with van der Waals surface area (Å²) in [5.41, 5.74) is 0. The highest BCUT2D eigenvalue weighted by Crippen LogP contribution is 2.15. The molecule has 21 nitrogen and oxygen atoms in total. The van der Waals surface area contributed by atoms with Crippen LogP contribution >= 0.6 is 0 Å². The Labute approximate surface area is 420 Å². The number of ether oxygens (including phenoxy) is 4. The second kappa shape index (κ2) is 46.5. The predicted molar refractivity (Wildman–Crippen MR) is 262 cm³/mol. The van der Waals surface area contributed by atoms with Crippen LogP contribution in [0.2, 0.25) is 0 Å². The lowest BCUT2D eigenvalue weighted by molar-refractivity contribution is -0.143. The summed E-state index contributed by atoms with van der Waals surface area (Å²) in [7, 11) is 0. The zero-order chi connectivity index (χ0) is 52.7. The molecular weight excluding hydrogens is 929 g/mol. The standard InChI is InChI=1S/C50H88N4O17/c1-2-39(43(57)36-55)20-17-18-28-51-44(58)27-26-42(50(66)67)54-47(61)38-71-35-33-69-31-29-52-46(60)37-70-34-32-68-30-19-21-40(56)24-25-41(49(64)65)53-45(59)22-15-13-11-9-7-5-3-4-6-8-10-12-14-16-23-48(62)63/h39,41-42,55H,2-38H2,1H3,(H,51,58)(H,52,60)(H,53,59)(H,54,61)(H,62,63)(H,64,65)(H,66,67)/t39-,41-,42-/m0/s1. The van der Waals surface area contributed by atoms with E-state index < -0.39 is 49.1 Å². The van der Waals surface area contributed by atoms with Crippen molar-refractivity contribution in [1.82, 2.24) is 21.3 Å². The number of rotatable bonds is 52. The van der Waals surface area contributed by atoms with E-state index in [9.17, 15) is 53.4 Å². The number of carboxylic acid groups (broad SMARTS) is 3. The Bertz CT molecular complexity index is 1500. The van der Waals surface area contributed by atoms with Crippen molar-refractivity contribution >= 4 is 53.1 Å². The van der Waals surface area contributed by atoms with Crippen molar-refractivity contribution in [3.63, 3.8) is 0 Å². The van der Waals surface area contributed by atoms with E-state index in [4.69, 9.17) is 29.2 Å². The van der Waals surface area contributed by atoms with Crippen LogP contribution < -0.4 is 21.3 Å². The maximum atomic E-state index is 12.4. The molecule has 0 aromatic carbocycles. The monoisotopic (exact) mass is 1020 g/mol. The van der Waals surface area contributed by atoms with Gasteiger partial charge in [-0.05, 0) is 51.4 Å². The summed E-state index contributed by atoms with van der Waals surface area (Å²) in [6.07, 6.45) is 18.4. The summed E-state index contributed by atoms with van der Waals surface area (Å²) in [6.45, 7) is 2.23. The van der Waals surface area contributed by atoms with Gasteiger partial charge in [-0.25, -0.2) is 9.59 Å². The fraction of sp³-hybridized carbons (Fsp3) is 0.820. The Hall–Kier alpha value is -4.57. The second-order valence-corrected chi connectivity index (χ2v) is 17.7. The van der Waals surface area contributed by atoms with Crippen LogP contribution in [0, 0.1) is 5.92 Å². The minimum absolute atomic E-state index is 0.0117. The Morgan fingerprint density at radius 1 is 0.423 bits per heavy atom. The lowest BCUT2D eigenvalue weighted by atomic mass is 9.95. The molecule has 410 valence electrons. The van der Waals surface area contributed by atoms with Crippen LogP contribution in [0.4, 0.5) is 0 Å². The molecule has 0 fully saturated rings. The molecule has 0 saturated heterocycles. The number of unbranched alkanes of at least 4 members (excludes halogenated alkanes) is 14. The molecule has 0 bridgehead atoms. The second-order valence-electron chi connectivity index (χ2n) is 17.7. The molecule has 0 rings (SSSR count). The van der Waals surface area contributed by atoms with Gasteiger partial charge in [-0.15, -0.1) is 0 Å². The van der Waals surface area contributed by atoms with Gasteiger partial charge in [-0.1, -0.05) is 90.4 Å². The van der Waals surface area contributed by atoms with Crippen molar-refractivity contribution in [2.24, 2.45) is 5.92 Å². The van der Waals surface area contributed by atoms with Gasteiger partial charge < -0.3 is 60.6 Å². The topological polar surface area (TPSA) is 320 Å². The van der Waals surface area contributed by atoms with Gasteiger partial charge in [0.2, 0.25) is 23.6 Å². The van der Waals surface area contributed by atoms with Crippen LogP contribution in [0.1, 0.15) is 174 Å². The molecule has 0 aliphatic carbocycles.